The summed E-state index contributed by atoms with van der Waals surface area (Å²) < 4.78 is 5.39. The van der Waals surface area contributed by atoms with Crippen molar-refractivity contribution in [1.82, 2.24) is 15.2 Å². The molecule has 3 rings (SSSR count). The first-order valence-corrected chi connectivity index (χ1v) is 9.05. The maximum Gasteiger partial charge on any atom is 0.257 e. The van der Waals surface area contributed by atoms with Gasteiger partial charge >= 0.3 is 0 Å². The minimum atomic E-state index is 0.00365. The van der Waals surface area contributed by atoms with E-state index in [4.69, 9.17) is 4.74 Å². The van der Waals surface area contributed by atoms with Crippen molar-refractivity contribution in [3.05, 3.63) is 23.9 Å². The first-order valence-electron chi connectivity index (χ1n) is 9.05. The monoisotopic (exact) mass is 346 g/mol. The minimum absolute atomic E-state index is 0.00365. The Kier molecular flexibility index (Phi) is 5.86. The standard InChI is InChI=1S/C18H26N4O3/c1-2-19-17(23)14-5-8-22(9-6-14)18(24)15-4-3-7-20-16(15)21-10-12-25-13-11-21/h3-4,7,14H,2,5-6,8-13H2,1H3,(H,19,23). The van der Waals surface area contributed by atoms with Crippen LogP contribution in [0.5, 0.6) is 0 Å². The molecule has 0 radical (unpaired) electrons. The first-order chi connectivity index (χ1) is 12.2. The predicted molar refractivity (Wildman–Crippen MR) is 94.6 cm³/mol. The van der Waals surface area contributed by atoms with Gasteiger partial charge in [0, 0.05) is 44.8 Å². The van der Waals surface area contributed by atoms with Crippen LogP contribution >= 0.6 is 0 Å². The molecule has 0 saturated carbocycles. The second-order valence-electron chi connectivity index (χ2n) is 6.44. The number of nitrogens with one attached hydrogen (secondary N) is 1. The number of ether oxygens (including phenoxy) is 1. The lowest BCUT2D eigenvalue weighted by molar-refractivity contribution is -0.126. The van der Waals surface area contributed by atoms with E-state index in [2.05, 4.69) is 15.2 Å². The van der Waals surface area contributed by atoms with Crippen LogP contribution in [-0.2, 0) is 9.53 Å². The van der Waals surface area contributed by atoms with E-state index < -0.39 is 0 Å². The topological polar surface area (TPSA) is 74.8 Å². The van der Waals surface area contributed by atoms with E-state index in [9.17, 15) is 9.59 Å². The molecule has 3 heterocycles. The van der Waals surface area contributed by atoms with Crippen LogP contribution in [-0.4, -0.2) is 67.6 Å². The molecule has 0 aromatic carbocycles. The summed E-state index contributed by atoms with van der Waals surface area (Å²) >= 11 is 0. The van der Waals surface area contributed by atoms with Gasteiger partial charge in [-0.15, -0.1) is 0 Å². The largest absolute Gasteiger partial charge is 0.378 e. The molecule has 0 spiro atoms. The van der Waals surface area contributed by atoms with E-state index in [-0.39, 0.29) is 17.7 Å². The van der Waals surface area contributed by atoms with E-state index in [1.807, 2.05) is 17.9 Å². The fourth-order valence-electron chi connectivity index (χ4n) is 3.42. The number of morpholine rings is 1. The molecule has 136 valence electrons. The number of rotatable bonds is 4. The molecule has 1 aromatic rings. The van der Waals surface area contributed by atoms with Crippen LogP contribution < -0.4 is 10.2 Å². The lowest BCUT2D eigenvalue weighted by atomic mass is 9.95. The highest BCUT2D eigenvalue weighted by Crippen LogP contribution is 2.24. The average Bonchev–Trinajstić information content (AvgIpc) is 2.68. The third kappa shape index (κ3) is 4.10. The zero-order valence-corrected chi connectivity index (χ0v) is 14.7. The van der Waals surface area contributed by atoms with Crippen molar-refractivity contribution in [2.45, 2.75) is 19.8 Å². The Balaban J connectivity index is 1.67. The molecule has 2 aliphatic heterocycles. The fourth-order valence-corrected chi connectivity index (χ4v) is 3.42. The minimum Gasteiger partial charge on any atom is -0.378 e. The van der Waals surface area contributed by atoms with Crippen LogP contribution in [0.4, 0.5) is 5.82 Å². The Morgan fingerprint density at radius 3 is 2.64 bits per heavy atom. The summed E-state index contributed by atoms with van der Waals surface area (Å²) in [6.07, 6.45) is 3.15. The molecule has 1 aromatic heterocycles. The smallest absolute Gasteiger partial charge is 0.257 e. The molecule has 25 heavy (non-hydrogen) atoms. The maximum atomic E-state index is 13.0. The third-order valence-electron chi connectivity index (χ3n) is 4.83. The molecule has 1 N–H and O–H groups in total. The van der Waals surface area contributed by atoms with Gasteiger partial charge in [-0.05, 0) is 31.9 Å². The Morgan fingerprint density at radius 1 is 1.24 bits per heavy atom. The second-order valence-corrected chi connectivity index (χ2v) is 6.44. The van der Waals surface area contributed by atoms with Gasteiger partial charge in [0.05, 0.1) is 18.8 Å². The Hall–Kier alpha value is -2.15. The van der Waals surface area contributed by atoms with E-state index in [1.54, 1.807) is 12.3 Å². The van der Waals surface area contributed by atoms with E-state index >= 15 is 0 Å². The van der Waals surface area contributed by atoms with Crippen LogP contribution in [0.1, 0.15) is 30.1 Å². The number of carbonyl (C=O) groups is 2. The summed E-state index contributed by atoms with van der Waals surface area (Å²) in [5.41, 5.74) is 0.640. The molecular weight excluding hydrogens is 320 g/mol. The number of likely N-dealkylation sites (tertiary alicyclic amines) is 1. The summed E-state index contributed by atoms with van der Waals surface area (Å²) in [6, 6.07) is 3.65. The Morgan fingerprint density at radius 2 is 1.96 bits per heavy atom. The molecule has 2 aliphatic rings. The number of hydrogen-bond donors (Lipinski definition) is 1. The number of amides is 2. The second kappa shape index (κ2) is 8.29. The van der Waals surface area contributed by atoms with Gasteiger partial charge in [-0.2, -0.15) is 0 Å². The fraction of sp³-hybridized carbons (Fsp3) is 0.611. The SMILES string of the molecule is CCNC(=O)C1CCN(C(=O)c2cccnc2N2CCOCC2)CC1. The van der Waals surface area contributed by atoms with Crippen molar-refractivity contribution in [1.29, 1.82) is 0 Å². The highest BCUT2D eigenvalue weighted by atomic mass is 16.5. The predicted octanol–water partition coefficient (Wildman–Crippen LogP) is 0.906. The van der Waals surface area contributed by atoms with Gasteiger partial charge in [0.1, 0.15) is 5.82 Å². The zero-order valence-electron chi connectivity index (χ0n) is 14.7. The lowest BCUT2D eigenvalue weighted by Gasteiger charge is -2.33. The molecule has 7 nitrogen and oxygen atoms in total. The molecule has 2 saturated heterocycles. The molecule has 7 heteroatoms. The highest BCUT2D eigenvalue weighted by molar-refractivity contribution is 5.99. The van der Waals surface area contributed by atoms with Crippen molar-refractivity contribution >= 4 is 17.6 Å². The summed E-state index contributed by atoms with van der Waals surface area (Å²) in [6.45, 7) is 6.59. The van der Waals surface area contributed by atoms with Crippen molar-refractivity contribution in [3.8, 4) is 0 Å². The number of pyridine rings is 1. The summed E-state index contributed by atoms with van der Waals surface area (Å²) in [5.74, 6) is 0.854. The molecule has 0 bridgehead atoms. The average molecular weight is 346 g/mol. The van der Waals surface area contributed by atoms with Crippen LogP contribution in [0.3, 0.4) is 0 Å². The molecule has 0 atom stereocenters. The first kappa shape index (κ1) is 17.7. The number of aromatic nitrogens is 1. The van der Waals surface area contributed by atoms with Gasteiger partial charge in [0.2, 0.25) is 5.91 Å². The number of carbonyl (C=O) groups excluding carboxylic acids is 2. The zero-order chi connectivity index (χ0) is 17.6. The van der Waals surface area contributed by atoms with Gasteiger partial charge in [-0.25, -0.2) is 4.98 Å². The summed E-state index contributed by atoms with van der Waals surface area (Å²) in [7, 11) is 0. The van der Waals surface area contributed by atoms with Crippen LogP contribution in [0.25, 0.3) is 0 Å². The van der Waals surface area contributed by atoms with Gasteiger partial charge in [-0.1, -0.05) is 0 Å². The van der Waals surface area contributed by atoms with Crippen LogP contribution in [0.15, 0.2) is 18.3 Å². The lowest BCUT2D eigenvalue weighted by Crippen LogP contribution is -2.44. The number of hydrogen-bond acceptors (Lipinski definition) is 5. The third-order valence-corrected chi connectivity index (χ3v) is 4.83. The maximum absolute atomic E-state index is 13.0. The Bertz CT molecular complexity index is 608. The normalized spacial score (nSPS) is 18.9. The number of piperidine rings is 1. The highest BCUT2D eigenvalue weighted by Gasteiger charge is 2.29. The summed E-state index contributed by atoms with van der Waals surface area (Å²) in [4.78, 5) is 33.4. The van der Waals surface area contributed by atoms with Crippen molar-refractivity contribution < 1.29 is 14.3 Å². The molecule has 2 fully saturated rings. The van der Waals surface area contributed by atoms with Crippen molar-refractivity contribution in [2.75, 3.05) is 50.8 Å². The van der Waals surface area contributed by atoms with Crippen LogP contribution in [0, 0.1) is 5.92 Å². The van der Waals surface area contributed by atoms with Gasteiger partial charge in [0.15, 0.2) is 0 Å². The molecule has 0 unspecified atom stereocenters. The van der Waals surface area contributed by atoms with Crippen molar-refractivity contribution in [2.24, 2.45) is 5.92 Å². The van der Waals surface area contributed by atoms with Crippen LogP contribution in [0.2, 0.25) is 0 Å². The number of anilines is 1. The molecule has 0 aliphatic carbocycles. The summed E-state index contributed by atoms with van der Waals surface area (Å²) in [5, 5.41) is 2.87. The van der Waals surface area contributed by atoms with Gasteiger partial charge < -0.3 is 19.9 Å². The van der Waals surface area contributed by atoms with E-state index in [1.165, 1.54) is 0 Å². The van der Waals surface area contributed by atoms with E-state index in [0.717, 1.165) is 18.9 Å². The van der Waals surface area contributed by atoms with E-state index in [0.29, 0.717) is 51.3 Å². The van der Waals surface area contributed by atoms with Crippen molar-refractivity contribution in [3.63, 3.8) is 0 Å². The van der Waals surface area contributed by atoms with Gasteiger partial charge in [-0.3, -0.25) is 9.59 Å². The number of nitrogens with zero attached hydrogens (tertiary/aromatic N) is 3. The molecule has 2 amide bonds. The van der Waals surface area contributed by atoms with Gasteiger partial charge in [0.25, 0.3) is 5.91 Å². The Labute approximate surface area is 148 Å². The molecular formula is C18H26N4O3. The quantitative estimate of drug-likeness (QED) is 0.877.